The smallest absolute Gasteiger partial charge is 0.226 e. The fourth-order valence-electron chi connectivity index (χ4n) is 2.29. The molecule has 0 bridgehead atoms. The van der Waals surface area contributed by atoms with Gasteiger partial charge in [0.1, 0.15) is 0 Å². The number of sulfone groups is 1. The number of carbonyl (C=O) groups is 1. The Morgan fingerprint density at radius 3 is 2.79 bits per heavy atom. The molecule has 1 aromatic rings. The molecule has 1 aliphatic rings. The predicted molar refractivity (Wildman–Crippen MR) is 74.7 cm³/mol. The second-order valence-corrected chi connectivity index (χ2v) is 7.59. The van der Waals surface area contributed by atoms with Crippen molar-refractivity contribution in [2.45, 2.75) is 13.0 Å². The standard InChI is InChI=1S/C13H16ClNO3S/c1-15(8-10-3-2-4-12(14)7-10)13(16)11-5-6-19(17,18)9-11/h2-4,7,11H,5-6,8-9H2,1H3. The van der Waals surface area contributed by atoms with Crippen LogP contribution in [0.4, 0.5) is 0 Å². The lowest BCUT2D eigenvalue weighted by Crippen LogP contribution is -2.33. The van der Waals surface area contributed by atoms with Gasteiger partial charge in [-0.15, -0.1) is 0 Å². The SMILES string of the molecule is CN(Cc1cccc(Cl)c1)C(=O)C1CCS(=O)(=O)C1. The fourth-order valence-corrected chi connectivity index (χ4v) is 4.23. The molecule has 0 aromatic heterocycles. The van der Waals surface area contributed by atoms with Crippen molar-refractivity contribution in [1.82, 2.24) is 4.90 Å². The fraction of sp³-hybridized carbons (Fsp3) is 0.462. The summed E-state index contributed by atoms with van der Waals surface area (Å²) in [6, 6.07) is 7.30. The van der Waals surface area contributed by atoms with Crippen molar-refractivity contribution < 1.29 is 13.2 Å². The molecule has 4 nitrogen and oxygen atoms in total. The molecule has 1 amide bonds. The van der Waals surface area contributed by atoms with Crippen LogP contribution in [0.15, 0.2) is 24.3 Å². The summed E-state index contributed by atoms with van der Waals surface area (Å²) in [5, 5.41) is 0.627. The van der Waals surface area contributed by atoms with Crippen molar-refractivity contribution in [2.75, 3.05) is 18.6 Å². The summed E-state index contributed by atoms with van der Waals surface area (Å²) in [6.07, 6.45) is 0.432. The number of carbonyl (C=O) groups excluding carboxylic acids is 1. The predicted octanol–water partition coefficient (Wildman–Crippen LogP) is 1.73. The highest BCUT2D eigenvalue weighted by atomic mass is 35.5. The first-order chi connectivity index (χ1) is 8.87. The minimum absolute atomic E-state index is 0.0221. The van der Waals surface area contributed by atoms with Gasteiger partial charge in [-0.2, -0.15) is 0 Å². The first-order valence-electron chi connectivity index (χ1n) is 6.07. The van der Waals surface area contributed by atoms with E-state index in [1.165, 1.54) is 0 Å². The summed E-state index contributed by atoms with van der Waals surface area (Å²) in [7, 11) is -1.33. The Bertz CT molecular complexity index is 585. The van der Waals surface area contributed by atoms with Crippen LogP contribution in [0.2, 0.25) is 5.02 Å². The molecule has 1 saturated heterocycles. The van der Waals surface area contributed by atoms with Gasteiger partial charge < -0.3 is 4.90 Å². The van der Waals surface area contributed by atoms with Gasteiger partial charge >= 0.3 is 0 Å². The maximum Gasteiger partial charge on any atom is 0.226 e. The molecule has 1 unspecified atom stereocenters. The number of nitrogens with zero attached hydrogens (tertiary/aromatic N) is 1. The Kier molecular flexibility index (Phi) is 4.16. The number of rotatable bonds is 3. The van der Waals surface area contributed by atoms with Crippen molar-refractivity contribution in [2.24, 2.45) is 5.92 Å². The average molecular weight is 302 g/mol. The van der Waals surface area contributed by atoms with E-state index in [0.717, 1.165) is 5.56 Å². The zero-order valence-corrected chi connectivity index (χ0v) is 12.2. The van der Waals surface area contributed by atoms with Crippen molar-refractivity contribution in [3.8, 4) is 0 Å². The van der Waals surface area contributed by atoms with Crippen LogP contribution >= 0.6 is 11.6 Å². The van der Waals surface area contributed by atoms with Crippen molar-refractivity contribution in [1.29, 1.82) is 0 Å². The number of halogens is 1. The van der Waals surface area contributed by atoms with Crippen molar-refractivity contribution in [3.63, 3.8) is 0 Å². The van der Waals surface area contributed by atoms with Crippen LogP contribution < -0.4 is 0 Å². The number of amides is 1. The second-order valence-electron chi connectivity index (χ2n) is 4.92. The van der Waals surface area contributed by atoms with E-state index >= 15 is 0 Å². The highest BCUT2D eigenvalue weighted by Crippen LogP contribution is 2.21. The third-order valence-electron chi connectivity index (χ3n) is 3.27. The number of hydrogen-bond acceptors (Lipinski definition) is 3. The maximum atomic E-state index is 12.2. The highest BCUT2D eigenvalue weighted by Gasteiger charge is 2.34. The van der Waals surface area contributed by atoms with Crippen LogP contribution in [0, 0.1) is 5.92 Å². The molecule has 0 spiro atoms. The van der Waals surface area contributed by atoms with Crippen LogP contribution in [0.25, 0.3) is 0 Å². The molecule has 1 fully saturated rings. The van der Waals surface area contributed by atoms with E-state index in [9.17, 15) is 13.2 Å². The molecule has 19 heavy (non-hydrogen) atoms. The van der Waals surface area contributed by atoms with Gasteiger partial charge in [0.2, 0.25) is 5.91 Å². The highest BCUT2D eigenvalue weighted by molar-refractivity contribution is 7.91. The lowest BCUT2D eigenvalue weighted by Gasteiger charge is -2.20. The molecular formula is C13H16ClNO3S. The van der Waals surface area contributed by atoms with Gasteiger partial charge in [-0.05, 0) is 24.1 Å². The summed E-state index contributed by atoms with van der Waals surface area (Å²) in [6.45, 7) is 0.440. The molecule has 1 heterocycles. The van der Waals surface area contributed by atoms with Crippen LogP contribution in [0.1, 0.15) is 12.0 Å². The van der Waals surface area contributed by atoms with Crippen molar-refractivity contribution in [3.05, 3.63) is 34.9 Å². The van der Waals surface area contributed by atoms with Gasteiger partial charge in [-0.25, -0.2) is 8.42 Å². The molecule has 0 aliphatic carbocycles. The molecule has 104 valence electrons. The molecule has 1 aliphatic heterocycles. The number of benzene rings is 1. The third kappa shape index (κ3) is 3.70. The summed E-state index contributed by atoms with van der Waals surface area (Å²) < 4.78 is 22.8. The molecule has 2 rings (SSSR count). The molecule has 0 saturated carbocycles. The summed E-state index contributed by atoms with van der Waals surface area (Å²) in [5.74, 6) is -0.407. The van der Waals surface area contributed by atoms with Crippen molar-refractivity contribution >= 4 is 27.3 Å². The van der Waals surface area contributed by atoms with Gasteiger partial charge in [0, 0.05) is 18.6 Å². The zero-order chi connectivity index (χ0) is 14.0. The van der Waals surface area contributed by atoms with Gasteiger partial charge in [0.05, 0.1) is 17.4 Å². The Labute approximate surface area is 118 Å². The quantitative estimate of drug-likeness (QED) is 0.854. The van der Waals surface area contributed by atoms with E-state index in [0.29, 0.717) is 18.0 Å². The van der Waals surface area contributed by atoms with Gasteiger partial charge in [-0.3, -0.25) is 4.79 Å². The minimum Gasteiger partial charge on any atom is -0.341 e. The first-order valence-corrected chi connectivity index (χ1v) is 8.27. The van der Waals surface area contributed by atoms with Gasteiger partial charge in [-0.1, -0.05) is 23.7 Å². The molecule has 1 atom stereocenters. The third-order valence-corrected chi connectivity index (χ3v) is 5.27. The Hall–Kier alpha value is -1.07. The number of hydrogen-bond donors (Lipinski definition) is 0. The van der Waals surface area contributed by atoms with Crippen LogP contribution in [0.3, 0.4) is 0 Å². The van der Waals surface area contributed by atoms with Crippen LogP contribution in [0.5, 0.6) is 0 Å². The Morgan fingerprint density at radius 1 is 1.47 bits per heavy atom. The largest absolute Gasteiger partial charge is 0.341 e. The molecule has 1 aromatic carbocycles. The van der Waals surface area contributed by atoms with E-state index in [-0.39, 0.29) is 17.4 Å². The Balaban J connectivity index is 2.00. The van der Waals surface area contributed by atoms with E-state index < -0.39 is 15.8 Å². The van der Waals surface area contributed by atoms with Crippen LogP contribution in [-0.4, -0.2) is 37.8 Å². The van der Waals surface area contributed by atoms with E-state index in [4.69, 9.17) is 11.6 Å². The first kappa shape index (κ1) is 14.3. The molecule has 0 N–H and O–H groups in total. The van der Waals surface area contributed by atoms with Gasteiger partial charge in [0.15, 0.2) is 9.84 Å². The maximum absolute atomic E-state index is 12.2. The lowest BCUT2D eigenvalue weighted by molar-refractivity contribution is -0.133. The van der Waals surface area contributed by atoms with E-state index in [1.807, 2.05) is 12.1 Å². The summed E-state index contributed by atoms with van der Waals surface area (Å²) in [5.41, 5.74) is 0.934. The lowest BCUT2D eigenvalue weighted by atomic mass is 10.1. The molecule has 6 heteroatoms. The molecule has 0 radical (unpaired) electrons. The summed E-state index contributed by atoms with van der Waals surface area (Å²) in [4.78, 5) is 13.7. The van der Waals surface area contributed by atoms with Gasteiger partial charge in [0.25, 0.3) is 0 Å². The zero-order valence-electron chi connectivity index (χ0n) is 10.7. The Morgan fingerprint density at radius 2 is 2.21 bits per heavy atom. The molecular weight excluding hydrogens is 286 g/mol. The monoisotopic (exact) mass is 301 g/mol. The normalized spacial score (nSPS) is 21.3. The summed E-state index contributed by atoms with van der Waals surface area (Å²) >= 11 is 5.89. The van der Waals surface area contributed by atoms with E-state index in [2.05, 4.69) is 0 Å². The average Bonchev–Trinajstić information content (AvgIpc) is 2.68. The minimum atomic E-state index is -3.02. The topological polar surface area (TPSA) is 54.5 Å². The van der Waals surface area contributed by atoms with E-state index in [1.54, 1.807) is 24.1 Å². The van der Waals surface area contributed by atoms with Crippen LogP contribution in [-0.2, 0) is 21.2 Å². The second kappa shape index (κ2) is 5.51.